The lowest BCUT2D eigenvalue weighted by Crippen LogP contribution is -2.34. The molecule has 1 aromatic heterocycles. The van der Waals surface area contributed by atoms with E-state index in [4.69, 9.17) is 4.74 Å². The number of esters is 1. The molecular weight excluding hydrogens is 364 g/mol. The van der Waals surface area contributed by atoms with Crippen LogP contribution in [0.15, 0.2) is 46.0 Å². The number of anilines is 1. The maximum atomic E-state index is 12.3. The number of likely N-dealkylation sites (N-methyl/N-ethyl adjacent to an activating group) is 1. The zero-order valence-corrected chi connectivity index (χ0v) is 15.4. The van der Waals surface area contributed by atoms with E-state index in [0.717, 1.165) is 15.6 Å². The van der Waals surface area contributed by atoms with Crippen LogP contribution in [0.25, 0.3) is 0 Å². The fourth-order valence-corrected chi connectivity index (χ4v) is 4.28. The summed E-state index contributed by atoms with van der Waals surface area (Å²) in [5, 5.41) is 4.25. The van der Waals surface area contributed by atoms with Gasteiger partial charge in [-0.1, -0.05) is 6.07 Å². The molecule has 0 unspecified atom stereocenters. The van der Waals surface area contributed by atoms with Crippen LogP contribution in [-0.2, 0) is 19.6 Å². The SMILES string of the molecule is CCOC(=O)c1ccc(NC(=O)CN(C)S(=O)(=O)c2cccs2)cc1. The predicted molar refractivity (Wildman–Crippen MR) is 95.2 cm³/mol. The average molecular weight is 382 g/mol. The van der Waals surface area contributed by atoms with E-state index in [1.165, 1.54) is 25.2 Å². The third-order valence-electron chi connectivity index (χ3n) is 3.21. The van der Waals surface area contributed by atoms with Gasteiger partial charge in [-0.25, -0.2) is 13.2 Å². The third-order valence-corrected chi connectivity index (χ3v) is 6.38. The van der Waals surface area contributed by atoms with E-state index < -0.39 is 21.9 Å². The maximum Gasteiger partial charge on any atom is 0.338 e. The average Bonchev–Trinajstić information content (AvgIpc) is 3.10. The fourth-order valence-electron chi connectivity index (χ4n) is 1.96. The minimum Gasteiger partial charge on any atom is -0.462 e. The van der Waals surface area contributed by atoms with Crippen molar-refractivity contribution >= 4 is 38.9 Å². The van der Waals surface area contributed by atoms with Crippen molar-refractivity contribution in [2.75, 3.05) is 25.5 Å². The monoisotopic (exact) mass is 382 g/mol. The molecule has 0 saturated carbocycles. The molecule has 0 aliphatic rings. The van der Waals surface area contributed by atoms with E-state index in [-0.39, 0.29) is 17.4 Å². The molecule has 2 rings (SSSR count). The van der Waals surface area contributed by atoms with Crippen LogP contribution in [0.2, 0.25) is 0 Å². The summed E-state index contributed by atoms with van der Waals surface area (Å²) in [6.45, 7) is 1.68. The molecular formula is C16H18N2O5S2. The van der Waals surface area contributed by atoms with E-state index >= 15 is 0 Å². The van der Waals surface area contributed by atoms with Crippen molar-refractivity contribution in [3.05, 3.63) is 47.3 Å². The predicted octanol–water partition coefficient (Wildman–Crippen LogP) is 2.18. The lowest BCUT2D eigenvalue weighted by atomic mass is 10.2. The third kappa shape index (κ3) is 4.88. The Bertz CT molecular complexity index is 830. The Balaban J connectivity index is 1.97. The molecule has 2 aromatic rings. The highest BCUT2D eigenvalue weighted by Gasteiger charge is 2.23. The highest BCUT2D eigenvalue weighted by molar-refractivity contribution is 7.91. The summed E-state index contributed by atoms with van der Waals surface area (Å²) in [4.78, 5) is 23.6. The molecule has 9 heteroatoms. The van der Waals surface area contributed by atoms with Crippen LogP contribution in [-0.4, -0.2) is 44.8 Å². The number of rotatable bonds is 7. The van der Waals surface area contributed by atoms with E-state index in [0.29, 0.717) is 11.3 Å². The lowest BCUT2D eigenvalue weighted by molar-refractivity contribution is -0.116. The summed E-state index contributed by atoms with van der Waals surface area (Å²) in [5.41, 5.74) is 0.831. The number of benzene rings is 1. The molecule has 0 fully saturated rings. The molecule has 1 aromatic carbocycles. The van der Waals surface area contributed by atoms with Gasteiger partial charge >= 0.3 is 5.97 Å². The van der Waals surface area contributed by atoms with Crippen LogP contribution in [0.3, 0.4) is 0 Å². The molecule has 0 bridgehead atoms. The Morgan fingerprint density at radius 1 is 1.20 bits per heavy atom. The highest BCUT2D eigenvalue weighted by Crippen LogP contribution is 2.19. The summed E-state index contributed by atoms with van der Waals surface area (Å²) in [6.07, 6.45) is 0. The Kier molecular flexibility index (Phi) is 6.29. The number of thiophene rings is 1. The second-order valence-electron chi connectivity index (χ2n) is 5.04. The van der Waals surface area contributed by atoms with Gasteiger partial charge < -0.3 is 10.1 Å². The van der Waals surface area contributed by atoms with Crippen molar-refractivity contribution in [3.8, 4) is 0 Å². The van der Waals surface area contributed by atoms with Crippen LogP contribution in [0.5, 0.6) is 0 Å². The Morgan fingerprint density at radius 2 is 1.88 bits per heavy atom. The standard InChI is InChI=1S/C16H18N2O5S2/c1-3-23-16(20)12-6-8-13(9-7-12)17-14(19)11-18(2)25(21,22)15-5-4-10-24-15/h4-10H,3,11H2,1-2H3,(H,17,19). The smallest absolute Gasteiger partial charge is 0.338 e. The first-order valence-corrected chi connectivity index (χ1v) is 9.73. The van der Waals surface area contributed by atoms with Crippen molar-refractivity contribution in [1.82, 2.24) is 4.31 Å². The molecule has 1 N–H and O–H groups in total. The van der Waals surface area contributed by atoms with Crippen molar-refractivity contribution < 1.29 is 22.7 Å². The fraction of sp³-hybridized carbons (Fsp3) is 0.250. The molecule has 134 valence electrons. The molecule has 7 nitrogen and oxygen atoms in total. The van der Waals surface area contributed by atoms with Gasteiger partial charge in [-0.05, 0) is 42.6 Å². The second kappa shape index (κ2) is 8.24. The van der Waals surface area contributed by atoms with Crippen LogP contribution in [0.4, 0.5) is 5.69 Å². The molecule has 0 aliphatic carbocycles. The Morgan fingerprint density at radius 3 is 2.44 bits per heavy atom. The van der Waals surface area contributed by atoms with Crippen molar-refractivity contribution in [1.29, 1.82) is 0 Å². The summed E-state index contributed by atoms with van der Waals surface area (Å²) < 4.78 is 30.6. The number of sulfonamides is 1. The minimum absolute atomic E-state index is 0.182. The molecule has 25 heavy (non-hydrogen) atoms. The maximum absolute atomic E-state index is 12.3. The molecule has 0 radical (unpaired) electrons. The quantitative estimate of drug-likeness (QED) is 0.741. The van der Waals surface area contributed by atoms with E-state index in [1.54, 1.807) is 30.5 Å². The minimum atomic E-state index is -3.68. The van der Waals surface area contributed by atoms with E-state index in [9.17, 15) is 18.0 Å². The van der Waals surface area contributed by atoms with Crippen molar-refractivity contribution in [2.24, 2.45) is 0 Å². The van der Waals surface area contributed by atoms with Crippen LogP contribution in [0, 0.1) is 0 Å². The number of nitrogens with one attached hydrogen (secondary N) is 1. The summed E-state index contributed by atoms with van der Waals surface area (Å²) in [5.74, 6) is -0.923. The summed E-state index contributed by atoms with van der Waals surface area (Å²) >= 11 is 1.09. The van der Waals surface area contributed by atoms with Gasteiger partial charge in [-0.3, -0.25) is 4.79 Å². The Labute approximate surface area is 150 Å². The first-order chi connectivity index (χ1) is 11.8. The topological polar surface area (TPSA) is 92.8 Å². The van der Waals surface area contributed by atoms with Gasteiger partial charge in [0, 0.05) is 12.7 Å². The lowest BCUT2D eigenvalue weighted by Gasteiger charge is -2.15. The Hall–Kier alpha value is -2.23. The molecule has 0 spiro atoms. The number of carbonyl (C=O) groups is 2. The normalized spacial score (nSPS) is 11.3. The number of ether oxygens (including phenoxy) is 1. The van der Waals surface area contributed by atoms with Gasteiger partial charge in [-0.2, -0.15) is 4.31 Å². The molecule has 0 aliphatic heterocycles. The van der Waals surface area contributed by atoms with Gasteiger partial charge in [-0.15, -0.1) is 11.3 Å². The van der Waals surface area contributed by atoms with Gasteiger partial charge in [0.2, 0.25) is 5.91 Å². The zero-order chi connectivity index (χ0) is 18.4. The number of hydrogen-bond acceptors (Lipinski definition) is 6. The van der Waals surface area contributed by atoms with Crippen LogP contribution in [0.1, 0.15) is 17.3 Å². The first kappa shape index (κ1) is 19.1. The van der Waals surface area contributed by atoms with Crippen LogP contribution >= 0.6 is 11.3 Å². The number of hydrogen-bond donors (Lipinski definition) is 1. The molecule has 0 saturated heterocycles. The van der Waals surface area contributed by atoms with Gasteiger partial charge in [0.1, 0.15) is 4.21 Å². The van der Waals surface area contributed by atoms with Crippen LogP contribution < -0.4 is 5.32 Å². The number of carbonyl (C=O) groups excluding carboxylic acids is 2. The number of nitrogens with zero attached hydrogens (tertiary/aromatic N) is 1. The summed E-state index contributed by atoms with van der Waals surface area (Å²) in [6, 6.07) is 9.29. The zero-order valence-electron chi connectivity index (χ0n) is 13.8. The largest absolute Gasteiger partial charge is 0.462 e. The van der Waals surface area contributed by atoms with Gasteiger partial charge in [0.05, 0.1) is 18.7 Å². The molecule has 0 atom stereocenters. The first-order valence-electron chi connectivity index (χ1n) is 7.41. The van der Waals surface area contributed by atoms with Gasteiger partial charge in [0.15, 0.2) is 0 Å². The highest BCUT2D eigenvalue weighted by atomic mass is 32.2. The van der Waals surface area contributed by atoms with Gasteiger partial charge in [0.25, 0.3) is 10.0 Å². The molecule has 1 amide bonds. The van der Waals surface area contributed by atoms with E-state index in [2.05, 4.69) is 5.32 Å². The molecule has 1 heterocycles. The number of amides is 1. The second-order valence-corrected chi connectivity index (χ2v) is 8.26. The van der Waals surface area contributed by atoms with Crippen molar-refractivity contribution in [2.45, 2.75) is 11.1 Å². The summed E-state index contributed by atoms with van der Waals surface area (Å²) in [7, 11) is -2.33. The van der Waals surface area contributed by atoms with Crippen molar-refractivity contribution in [3.63, 3.8) is 0 Å². The van der Waals surface area contributed by atoms with E-state index in [1.807, 2.05) is 0 Å².